The third-order valence-corrected chi connectivity index (χ3v) is 7.21. The van der Waals surface area contributed by atoms with Gasteiger partial charge in [0.15, 0.2) is 5.78 Å². The molecule has 7 heteroatoms. The SMILES string of the molecule is COc1ccc(COC(=O)N(C)c2sc3c(c2C(=O)c2ccc(Cl)cc2)CCCC3)cc1. The van der Waals surface area contributed by atoms with Crippen LogP contribution in [-0.2, 0) is 24.2 Å². The minimum absolute atomic E-state index is 0.0918. The zero-order valence-corrected chi connectivity index (χ0v) is 19.6. The third-order valence-electron chi connectivity index (χ3n) is 5.59. The summed E-state index contributed by atoms with van der Waals surface area (Å²) in [6.07, 6.45) is 3.40. The predicted molar refractivity (Wildman–Crippen MR) is 127 cm³/mol. The molecule has 5 nitrogen and oxygen atoms in total. The number of hydrogen-bond donors (Lipinski definition) is 0. The van der Waals surface area contributed by atoms with Crippen LogP contribution in [-0.4, -0.2) is 26.0 Å². The Morgan fingerprint density at radius 2 is 1.72 bits per heavy atom. The van der Waals surface area contributed by atoms with Crippen molar-refractivity contribution in [2.75, 3.05) is 19.1 Å². The molecule has 0 aliphatic heterocycles. The van der Waals surface area contributed by atoms with Crippen LogP contribution in [0.5, 0.6) is 5.75 Å². The van der Waals surface area contributed by atoms with E-state index >= 15 is 0 Å². The predicted octanol–water partition coefficient (Wildman–Crippen LogP) is 6.29. The molecule has 1 aliphatic carbocycles. The van der Waals surface area contributed by atoms with Gasteiger partial charge < -0.3 is 9.47 Å². The fraction of sp³-hybridized carbons (Fsp3) is 0.280. The number of methoxy groups -OCH3 is 1. The van der Waals surface area contributed by atoms with Gasteiger partial charge in [-0.2, -0.15) is 0 Å². The van der Waals surface area contributed by atoms with Gasteiger partial charge in [0.05, 0.1) is 12.7 Å². The molecule has 0 bridgehead atoms. The maximum Gasteiger partial charge on any atom is 0.415 e. The Labute approximate surface area is 196 Å². The number of carbonyl (C=O) groups excluding carboxylic acids is 2. The van der Waals surface area contributed by atoms with Crippen LogP contribution < -0.4 is 9.64 Å². The maximum atomic E-state index is 13.5. The first-order valence-electron chi connectivity index (χ1n) is 10.5. The highest BCUT2D eigenvalue weighted by molar-refractivity contribution is 7.17. The van der Waals surface area contributed by atoms with Gasteiger partial charge >= 0.3 is 6.09 Å². The molecular formula is C25H24ClNO4S. The van der Waals surface area contributed by atoms with Crippen molar-refractivity contribution in [3.63, 3.8) is 0 Å². The number of fused-ring (bicyclic) bond motifs is 1. The second-order valence-corrected chi connectivity index (χ2v) is 9.21. The van der Waals surface area contributed by atoms with E-state index < -0.39 is 6.09 Å². The zero-order chi connectivity index (χ0) is 22.7. The number of nitrogens with zero attached hydrogens (tertiary/aromatic N) is 1. The molecule has 1 amide bonds. The van der Waals surface area contributed by atoms with Crippen LogP contribution in [0.25, 0.3) is 0 Å². The number of rotatable bonds is 6. The van der Waals surface area contributed by atoms with Crippen molar-refractivity contribution in [2.24, 2.45) is 0 Å². The van der Waals surface area contributed by atoms with Gasteiger partial charge in [0.1, 0.15) is 17.4 Å². The van der Waals surface area contributed by atoms with Crippen LogP contribution in [0, 0.1) is 0 Å². The normalized spacial score (nSPS) is 12.7. The Bertz CT molecular complexity index is 1120. The van der Waals surface area contributed by atoms with Crippen LogP contribution >= 0.6 is 22.9 Å². The topological polar surface area (TPSA) is 55.8 Å². The van der Waals surface area contributed by atoms with Crippen molar-refractivity contribution in [1.82, 2.24) is 0 Å². The molecule has 1 aromatic heterocycles. The summed E-state index contributed by atoms with van der Waals surface area (Å²) < 4.78 is 10.7. The lowest BCUT2D eigenvalue weighted by Crippen LogP contribution is -2.27. The summed E-state index contributed by atoms with van der Waals surface area (Å²) in [4.78, 5) is 28.9. The Kier molecular flexibility index (Phi) is 6.82. The van der Waals surface area contributed by atoms with Gasteiger partial charge in [-0.25, -0.2) is 4.79 Å². The summed E-state index contributed by atoms with van der Waals surface area (Å²) in [6.45, 7) is 0.138. The zero-order valence-electron chi connectivity index (χ0n) is 18.0. The molecule has 3 aromatic rings. The number of anilines is 1. The largest absolute Gasteiger partial charge is 0.497 e. The number of amides is 1. The van der Waals surface area contributed by atoms with Crippen LogP contribution in [0.4, 0.5) is 9.80 Å². The van der Waals surface area contributed by atoms with E-state index in [2.05, 4.69) is 0 Å². The van der Waals surface area contributed by atoms with Crippen LogP contribution in [0.2, 0.25) is 5.02 Å². The first kappa shape index (κ1) is 22.4. The van der Waals surface area contributed by atoms with E-state index in [-0.39, 0.29) is 12.4 Å². The van der Waals surface area contributed by atoms with E-state index in [0.717, 1.165) is 42.6 Å². The van der Waals surface area contributed by atoms with Gasteiger partial charge in [-0.15, -0.1) is 11.3 Å². The number of thiophene rings is 1. The molecule has 0 unspecified atom stereocenters. The van der Waals surface area contributed by atoms with Gasteiger partial charge in [0, 0.05) is 22.5 Å². The van der Waals surface area contributed by atoms with E-state index in [0.29, 0.717) is 21.2 Å². The Morgan fingerprint density at radius 1 is 1.03 bits per heavy atom. The van der Waals surface area contributed by atoms with E-state index in [1.165, 1.54) is 21.1 Å². The molecule has 2 aromatic carbocycles. The smallest absolute Gasteiger partial charge is 0.415 e. The number of ketones is 1. The van der Waals surface area contributed by atoms with E-state index in [1.54, 1.807) is 38.4 Å². The molecule has 0 radical (unpaired) electrons. The van der Waals surface area contributed by atoms with Gasteiger partial charge in [-0.1, -0.05) is 23.7 Å². The molecule has 166 valence electrons. The summed E-state index contributed by atoms with van der Waals surface area (Å²) in [6, 6.07) is 14.2. The maximum absolute atomic E-state index is 13.5. The second kappa shape index (κ2) is 9.76. The van der Waals surface area contributed by atoms with Crippen LogP contribution in [0.3, 0.4) is 0 Å². The monoisotopic (exact) mass is 469 g/mol. The molecule has 0 N–H and O–H groups in total. The van der Waals surface area contributed by atoms with Crippen molar-refractivity contribution in [3.05, 3.63) is 80.7 Å². The first-order chi connectivity index (χ1) is 15.5. The fourth-order valence-corrected chi connectivity index (χ4v) is 5.28. The average molecular weight is 470 g/mol. The minimum atomic E-state index is -0.496. The van der Waals surface area contributed by atoms with Gasteiger partial charge in [-0.05, 0) is 73.2 Å². The standard InChI is InChI=1S/C25H24ClNO4S/c1-27(25(29)31-15-16-7-13-19(30-2)14-8-16)24-22(20-5-3-4-6-21(20)32-24)23(28)17-9-11-18(26)12-10-17/h7-14H,3-6,15H2,1-2H3. The third kappa shape index (κ3) is 4.66. The highest BCUT2D eigenvalue weighted by Crippen LogP contribution is 2.41. The highest BCUT2D eigenvalue weighted by Gasteiger charge is 2.30. The quantitative estimate of drug-likeness (QED) is 0.398. The number of halogens is 1. The molecule has 1 aliphatic rings. The molecule has 32 heavy (non-hydrogen) atoms. The molecule has 4 rings (SSSR count). The second-order valence-electron chi connectivity index (χ2n) is 7.69. The lowest BCUT2D eigenvalue weighted by Gasteiger charge is -2.18. The fourth-order valence-electron chi connectivity index (χ4n) is 3.81. The van der Waals surface area contributed by atoms with Gasteiger partial charge in [0.2, 0.25) is 0 Å². The molecule has 0 fully saturated rings. The molecule has 1 heterocycles. The first-order valence-corrected chi connectivity index (χ1v) is 11.7. The van der Waals surface area contributed by atoms with E-state index in [4.69, 9.17) is 21.1 Å². The van der Waals surface area contributed by atoms with Crippen LogP contribution in [0.1, 0.15) is 44.8 Å². The lowest BCUT2D eigenvalue weighted by atomic mass is 9.92. The Hall–Kier alpha value is -2.83. The Balaban J connectivity index is 1.58. The molecule has 0 saturated carbocycles. The highest BCUT2D eigenvalue weighted by atomic mass is 35.5. The number of hydrogen-bond acceptors (Lipinski definition) is 5. The number of ether oxygens (including phenoxy) is 2. The summed E-state index contributed by atoms with van der Waals surface area (Å²) >= 11 is 7.51. The van der Waals surface area contributed by atoms with Crippen molar-refractivity contribution in [3.8, 4) is 5.75 Å². The van der Waals surface area contributed by atoms with Crippen molar-refractivity contribution < 1.29 is 19.1 Å². The number of carbonyl (C=O) groups is 2. The number of aryl methyl sites for hydroxylation is 1. The summed E-state index contributed by atoms with van der Waals surface area (Å²) in [5, 5.41) is 1.21. The van der Waals surface area contributed by atoms with Crippen molar-refractivity contribution in [2.45, 2.75) is 32.3 Å². The van der Waals surface area contributed by atoms with Gasteiger partial charge in [0.25, 0.3) is 0 Å². The summed E-state index contributed by atoms with van der Waals surface area (Å²) in [5.41, 5.74) is 3.08. The lowest BCUT2D eigenvalue weighted by molar-refractivity contribution is 0.103. The minimum Gasteiger partial charge on any atom is -0.497 e. The summed E-state index contributed by atoms with van der Waals surface area (Å²) in [5.74, 6) is 0.651. The number of benzene rings is 2. The average Bonchev–Trinajstić information content (AvgIpc) is 3.22. The van der Waals surface area contributed by atoms with Crippen molar-refractivity contribution in [1.29, 1.82) is 0 Å². The van der Waals surface area contributed by atoms with Crippen LogP contribution in [0.15, 0.2) is 48.5 Å². The molecule has 0 atom stereocenters. The molecule has 0 saturated heterocycles. The van der Waals surface area contributed by atoms with Gasteiger partial charge in [-0.3, -0.25) is 9.69 Å². The summed E-state index contributed by atoms with van der Waals surface area (Å²) in [7, 11) is 3.26. The molecule has 0 spiro atoms. The van der Waals surface area contributed by atoms with E-state index in [9.17, 15) is 9.59 Å². The van der Waals surface area contributed by atoms with Crippen molar-refractivity contribution >= 4 is 39.8 Å². The molecular weight excluding hydrogens is 446 g/mol. The van der Waals surface area contributed by atoms with E-state index in [1.807, 2.05) is 24.3 Å². The Morgan fingerprint density at radius 3 is 2.41 bits per heavy atom.